The fourth-order valence-electron chi connectivity index (χ4n) is 1.73. The van der Waals surface area contributed by atoms with E-state index in [1.165, 1.54) is 0 Å². The van der Waals surface area contributed by atoms with Gasteiger partial charge < -0.3 is 5.32 Å². The van der Waals surface area contributed by atoms with Crippen LogP contribution >= 0.6 is 39.1 Å². The monoisotopic (exact) mass is 365 g/mol. The van der Waals surface area contributed by atoms with Crippen LogP contribution in [0.15, 0.2) is 22.7 Å². The Labute approximate surface area is 133 Å². The number of hydrogen-bond acceptors (Lipinski definition) is 1. The minimum atomic E-state index is -0.148. The maximum Gasteiger partial charge on any atom is 0.252 e. The van der Waals surface area contributed by atoms with Crippen molar-refractivity contribution >= 4 is 45.0 Å². The summed E-state index contributed by atoms with van der Waals surface area (Å²) in [6.07, 6.45) is 1.92. The van der Waals surface area contributed by atoms with Crippen molar-refractivity contribution in [3.05, 3.63) is 33.3 Å². The van der Waals surface area contributed by atoms with E-state index in [1.807, 2.05) is 6.07 Å². The van der Waals surface area contributed by atoms with E-state index >= 15 is 0 Å². The van der Waals surface area contributed by atoms with Crippen molar-refractivity contribution in [1.82, 2.24) is 5.32 Å². The fourth-order valence-corrected chi connectivity index (χ4v) is 2.44. The van der Waals surface area contributed by atoms with Crippen LogP contribution in [-0.4, -0.2) is 18.3 Å². The molecule has 19 heavy (non-hydrogen) atoms. The molecule has 1 rings (SSSR count). The highest BCUT2D eigenvalue weighted by atomic mass is 79.9. The number of carbonyl (C=O) groups excluding carboxylic acids is 1. The summed E-state index contributed by atoms with van der Waals surface area (Å²) in [7, 11) is 0. The number of halogens is 3. The van der Waals surface area contributed by atoms with Crippen LogP contribution < -0.4 is 5.32 Å². The molecule has 106 valence electrons. The van der Waals surface area contributed by atoms with Crippen molar-refractivity contribution in [1.29, 1.82) is 0 Å². The predicted molar refractivity (Wildman–Crippen MR) is 85.2 cm³/mol. The van der Waals surface area contributed by atoms with Gasteiger partial charge in [-0.1, -0.05) is 31.5 Å². The van der Waals surface area contributed by atoms with Crippen LogP contribution in [0.1, 0.15) is 37.0 Å². The van der Waals surface area contributed by atoms with E-state index in [0.717, 1.165) is 17.3 Å². The molecule has 1 aromatic carbocycles. The average molecular weight is 367 g/mol. The van der Waals surface area contributed by atoms with Gasteiger partial charge in [-0.3, -0.25) is 4.79 Å². The molecule has 0 saturated heterocycles. The second kappa shape index (κ2) is 7.51. The SMILES string of the molecule is CC(C)(CCCCl)CNC(=O)c1cccc(Br)c1Cl. The Morgan fingerprint density at radius 1 is 1.42 bits per heavy atom. The number of carbonyl (C=O) groups is 1. The third-order valence-corrected chi connectivity index (χ3v) is 4.47. The summed E-state index contributed by atoms with van der Waals surface area (Å²) in [6, 6.07) is 5.32. The number of rotatable bonds is 6. The molecule has 0 aliphatic rings. The van der Waals surface area contributed by atoms with E-state index in [9.17, 15) is 4.79 Å². The van der Waals surface area contributed by atoms with E-state index in [-0.39, 0.29) is 11.3 Å². The van der Waals surface area contributed by atoms with E-state index in [1.54, 1.807) is 12.1 Å². The van der Waals surface area contributed by atoms with Crippen molar-refractivity contribution in [3.63, 3.8) is 0 Å². The maximum absolute atomic E-state index is 12.1. The first-order valence-electron chi connectivity index (χ1n) is 6.15. The van der Waals surface area contributed by atoms with Crippen LogP contribution in [0.3, 0.4) is 0 Å². The Hall–Kier alpha value is -0.250. The van der Waals surface area contributed by atoms with Crippen LogP contribution in [0.25, 0.3) is 0 Å². The number of amides is 1. The first-order valence-corrected chi connectivity index (χ1v) is 7.86. The van der Waals surface area contributed by atoms with Gasteiger partial charge in [0.1, 0.15) is 0 Å². The zero-order chi connectivity index (χ0) is 14.5. The molecular weight excluding hydrogens is 349 g/mol. The molecule has 0 radical (unpaired) electrons. The van der Waals surface area contributed by atoms with Gasteiger partial charge >= 0.3 is 0 Å². The normalized spacial score (nSPS) is 11.4. The summed E-state index contributed by atoms with van der Waals surface area (Å²) in [5, 5.41) is 3.37. The van der Waals surface area contributed by atoms with E-state index < -0.39 is 0 Å². The highest BCUT2D eigenvalue weighted by molar-refractivity contribution is 9.10. The van der Waals surface area contributed by atoms with Gasteiger partial charge in [0.2, 0.25) is 0 Å². The van der Waals surface area contributed by atoms with Crippen LogP contribution in [0.2, 0.25) is 5.02 Å². The van der Waals surface area contributed by atoms with E-state index in [2.05, 4.69) is 35.1 Å². The quantitative estimate of drug-likeness (QED) is 0.714. The molecule has 0 aliphatic heterocycles. The van der Waals surface area contributed by atoms with Crippen LogP contribution in [0.5, 0.6) is 0 Å². The Morgan fingerprint density at radius 2 is 2.11 bits per heavy atom. The molecule has 1 aromatic rings. The van der Waals surface area contributed by atoms with Gasteiger partial charge in [0.25, 0.3) is 5.91 Å². The highest BCUT2D eigenvalue weighted by Crippen LogP contribution is 2.26. The van der Waals surface area contributed by atoms with Gasteiger partial charge in [-0.25, -0.2) is 0 Å². The third kappa shape index (κ3) is 5.33. The van der Waals surface area contributed by atoms with Crippen molar-refractivity contribution in [2.75, 3.05) is 12.4 Å². The molecule has 0 fully saturated rings. The number of nitrogens with one attached hydrogen (secondary N) is 1. The zero-order valence-electron chi connectivity index (χ0n) is 11.1. The number of alkyl halides is 1. The summed E-state index contributed by atoms with van der Waals surface area (Å²) in [6.45, 7) is 4.83. The lowest BCUT2D eigenvalue weighted by Gasteiger charge is -2.24. The van der Waals surface area contributed by atoms with Gasteiger partial charge in [-0.05, 0) is 46.3 Å². The van der Waals surface area contributed by atoms with Crippen LogP contribution in [0, 0.1) is 5.41 Å². The summed E-state index contributed by atoms with van der Waals surface area (Å²) in [4.78, 5) is 12.1. The molecule has 0 aromatic heterocycles. The molecule has 0 atom stereocenters. The van der Waals surface area contributed by atoms with Gasteiger partial charge in [0.05, 0.1) is 10.6 Å². The zero-order valence-corrected chi connectivity index (χ0v) is 14.2. The molecule has 2 nitrogen and oxygen atoms in total. The summed E-state index contributed by atoms with van der Waals surface area (Å²) < 4.78 is 0.725. The predicted octanol–water partition coefficient (Wildman–Crippen LogP) is 4.88. The third-order valence-electron chi connectivity index (χ3n) is 2.91. The minimum Gasteiger partial charge on any atom is -0.351 e. The largest absolute Gasteiger partial charge is 0.351 e. The Kier molecular flexibility index (Phi) is 6.64. The van der Waals surface area contributed by atoms with E-state index in [4.69, 9.17) is 23.2 Å². The molecule has 5 heteroatoms. The lowest BCUT2D eigenvalue weighted by molar-refractivity contribution is 0.0934. The van der Waals surface area contributed by atoms with Crippen molar-refractivity contribution in [2.45, 2.75) is 26.7 Å². The Bertz CT molecular complexity index is 449. The summed E-state index contributed by atoms with van der Waals surface area (Å²) in [5.41, 5.74) is 0.521. The first kappa shape index (κ1) is 16.8. The highest BCUT2D eigenvalue weighted by Gasteiger charge is 2.20. The molecule has 0 aliphatic carbocycles. The van der Waals surface area contributed by atoms with Crippen LogP contribution in [-0.2, 0) is 0 Å². The average Bonchev–Trinajstić information content (AvgIpc) is 2.37. The van der Waals surface area contributed by atoms with Crippen molar-refractivity contribution in [2.24, 2.45) is 5.41 Å². The first-order chi connectivity index (χ1) is 8.87. The molecule has 1 amide bonds. The second-order valence-electron chi connectivity index (χ2n) is 5.24. The van der Waals surface area contributed by atoms with E-state index in [0.29, 0.717) is 23.0 Å². The number of hydrogen-bond donors (Lipinski definition) is 1. The minimum absolute atomic E-state index is 0.0308. The van der Waals surface area contributed by atoms with Gasteiger partial charge in [-0.2, -0.15) is 0 Å². The molecule has 0 heterocycles. The molecule has 0 saturated carbocycles. The molecule has 0 unspecified atom stereocenters. The van der Waals surface area contributed by atoms with Crippen LogP contribution in [0.4, 0.5) is 0 Å². The molecular formula is C14H18BrCl2NO. The fraction of sp³-hybridized carbons (Fsp3) is 0.500. The van der Waals surface area contributed by atoms with Gasteiger partial charge in [0.15, 0.2) is 0 Å². The molecule has 0 bridgehead atoms. The van der Waals surface area contributed by atoms with Crippen molar-refractivity contribution < 1.29 is 4.79 Å². The Balaban J connectivity index is 2.63. The lowest BCUT2D eigenvalue weighted by atomic mass is 9.88. The standard InChI is InChI=1S/C14H18BrCl2NO/c1-14(2,7-4-8-16)9-18-13(19)10-5-3-6-11(15)12(10)17/h3,5-6H,4,7-9H2,1-2H3,(H,18,19). The Morgan fingerprint density at radius 3 is 2.74 bits per heavy atom. The topological polar surface area (TPSA) is 29.1 Å². The number of benzene rings is 1. The molecule has 1 N–H and O–H groups in total. The summed E-state index contributed by atoms with van der Waals surface area (Å²) >= 11 is 15.1. The van der Waals surface area contributed by atoms with Crippen molar-refractivity contribution in [3.8, 4) is 0 Å². The maximum atomic E-state index is 12.1. The second-order valence-corrected chi connectivity index (χ2v) is 6.85. The smallest absolute Gasteiger partial charge is 0.252 e. The lowest BCUT2D eigenvalue weighted by Crippen LogP contribution is -2.34. The summed E-state index contributed by atoms with van der Waals surface area (Å²) in [5.74, 6) is 0.500. The molecule has 0 spiro atoms. The van der Waals surface area contributed by atoms with Gasteiger partial charge in [-0.15, -0.1) is 11.6 Å². The van der Waals surface area contributed by atoms with Gasteiger partial charge in [0, 0.05) is 16.9 Å².